The minimum Gasteiger partial charge on any atom is -0.493 e. The van der Waals surface area contributed by atoms with Crippen LogP contribution in [0.25, 0.3) is 0 Å². The summed E-state index contributed by atoms with van der Waals surface area (Å²) in [6.07, 6.45) is 6.91. The topological polar surface area (TPSA) is 60.6 Å². The van der Waals surface area contributed by atoms with Gasteiger partial charge >= 0.3 is 0 Å². The third-order valence-electron chi connectivity index (χ3n) is 3.98. The Hall–Kier alpha value is -1.33. The second kappa shape index (κ2) is 7.45. The smallest absolute Gasteiger partial charge is 0.183 e. The van der Waals surface area contributed by atoms with Crippen molar-refractivity contribution in [3.8, 4) is 11.5 Å². The van der Waals surface area contributed by atoms with E-state index in [0.29, 0.717) is 12.6 Å². The van der Waals surface area contributed by atoms with Crippen LogP contribution >= 0.6 is 0 Å². The van der Waals surface area contributed by atoms with Crippen molar-refractivity contribution in [1.29, 1.82) is 0 Å². The van der Waals surface area contributed by atoms with Crippen molar-refractivity contribution in [3.05, 3.63) is 18.0 Å². The number of aromatic nitrogens is 1. The van der Waals surface area contributed by atoms with Gasteiger partial charge in [-0.05, 0) is 12.8 Å². The Balaban J connectivity index is 2.17. The molecule has 2 N–H and O–H groups in total. The van der Waals surface area contributed by atoms with Crippen LogP contribution in [0, 0.1) is 0 Å². The fourth-order valence-electron chi connectivity index (χ4n) is 2.98. The molecule has 1 saturated carbocycles. The second-order valence-electron chi connectivity index (χ2n) is 5.19. The van der Waals surface area contributed by atoms with Crippen LogP contribution in [0.3, 0.4) is 0 Å². The van der Waals surface area contributed by atoms with Gasteiger partial charge in [-0.2, -0.15) is 0 Å². The Morgan fingerprint density at radius 2 is 2.05 bits per heavy atom. The molecule has 5 heteroatoms. The number of hydrogen-bond acceptors (Lipinski definition) is 5. The molecule has 1 heterocycles. The van der Waals surface area contributed by atoms with Gasteiger partial charge < -0.3 is 15.2 Å². The monoisotopic (exact) mass is 279 g/mol. The molecular weight excluding hydrogens is 254 g/mol. The van der Waals surface area contributed by atoms with Crippen molar-refractivity contribution in [1.82, 2.24) is 9.88 Å². The molecule has 0 bridgehead atoms. The van der Waals surface area contributed by atoms with E-state index in [-0.39, 0.29) is 0 Å². The average Bonchev–Trinajstić information content (AvgIpc) is 3.00. The summed E-state index contributed by atoms with van der Waals surface area (Å²) in [7, 11) is 3.31. The van der Waals surface area contributed by atoms with E-state index in [4.69, 9.17) is 15.2 Å². The number of methoxy groups -OCH3 is 2. The Morgan fingerprint density at radius 3 is 2.65 bits per heavy atom. The molecule has 20 heavy (non-hydrogen) atoms. The first kappa shape index (κ1) is 15.1. The average molecular weight is 279 g/mol. The predicted molar refractivity (Wildman–Crippen MR) is 79.1 cm³/mol. The van der Waals surface area contributed by atoms with Crippen molar-refractivity contribution in [2.75, 3.05) is 27.3 Å². The van der Waals surface area contributed by atoms with Crippen LogP contribution in [0.1, 0.15) is 31.4 Å². The molecule has 1 aromatic heterocycles. The Kier molecular flexibility index (Phi) is 5.61. The molecule has 5 nitrogen and oxygen atoms in total. The molecule has 0 atom stereocenters. The summed E-state index contributed by atoms with van der Waals surface area (Å²) in [5, 5.41) is 0. The van der Waals surface area contributed by atoms with Crippen molar-refractivity contribution in [3.63, 3.8) is 0 Å². The SMILES string of the molecule is COc1ccnc(CN(CCN)C2CCCC2)c1OC. The van der Waals surface area contributed by atoms with Crippen molar-refractivity contribution in [2.45, 2.75) is 38.3 Å². The van der Waals surface area contributed by atoms with E-state index in [9.17, 15) is 0 Å². The maximum atomic E-state index is 5.76. The quantitative estimate of drug-likeness (QED) is 0.824. The maximum Gasteiger partial charge on any atom is 0.183 e. The lowest BCUT2D eigenvalue weighted by atomic mass is 10.2. The van der Waals surface area contributed by atoms with E-state index in [1.165, 1.54) is 25.7 Å². The lowest BCUT2D eigenvalue weighted by Crippen LogP contribution is -2.37. The molecule has 0 amide bonds. The number of hydrogen-bond donors (Lipinski definition) is 1. The minimum atomic E-state index is 0.622. The van der Waals surface area contributed by atoms with Gasteiger partial charge in [-0.3, -0.25) is 9.88 Å². The van der Waals surface area contributed by atoms with Crippen LogP contribution in [-0.2, 0) is 6.54 Å². The van der Waals surface area contributed by atoms with E-state index in [1.54, 1.807) is 20.4 Å². The fraction of sp³-hybridized carbons (Fsp3) is 0.667. The predicted octanol–water partition coefficient (Wildman–Crippen LogP) is 1.80. The van der Waals surface area contributed by atoms with Crippen LogP contribution in [0.4, 0.5) is 0 Å². The fourth-order valence-corrected chi connectivity index (χ4v) is 2.98. The van der Waals surface area contributed by atoms with Gasteiger partial charge in [-0.1, -0.05) is 12.8 Å². The van der Waals surface area contributed by atoms with Gasteiger partial charge in [-0.25, -0.2) is 0 Å². The highest BCUT2D eigenvalue weighted by Crippen LogP contribution is 2.31. The lowest BCUT2D eigenvalue weighted by Gasteiger charge is -2.28. The Bertz CT molecular complexity index is 420. The van der Waals surface area contributed by atoms with E-state index in [0.717, 1.165) is 30.3 Å². The van der Waals surface area contributed by atoms with Gasteiger partial charge in [0.2, 0.25) is 0 Å². The number of pyridine rings is 1. The highest BCUT2D eigenvalue weighted by molar-refractivity contribution is 5.42. The zero-order valence-corrected chi connectivity index (χ0v) is 12.5. The molecule has 1 aliphatic rings. The molecule has 1 aliphatic carbocycles. The van der Waals surface area contributed by atoms with Gasteiger partial charge in [0.25, 0.3) is 0 Å². The van der Waals surface area contributed by atoms with E-state index in [1.807, 2.05) is 6.07 Å². The third-order valence-corrected chi connectivity index (χ3v) is 3.98. The van der Waals surface area contributed by atoms with Crippen LogP contribution in [0.5, 0.6) is 11.5 Å². The highest BCUT2D eigenvalue weighted by Gasteiger charge is 2.24. The molecule has 0 unspecified atom stereocenters. The molecule has 1 aromatic rings. The van der Waals surface area contributed by atoms with E-state index in [2.05, 4.69) is 9.88 Å². The summed E-state index contributed by atoms with van der Waals surface area (Å²) in [6, 6.07) is 2.45. The molecule has 0 saturated heterocycles. The first-order valence-corrected chi connectivity index (χ1v) is 7.30. The molecule has 0 radical (unpaired) electrons. The Labute approximate surface area is 121 Å². The van der Waals surface area contributed by atoms with E-state index >= 15 is 0 Å². The van der Waals surface area contributed by atoms with Gasteiger partial charge in [0.1, 0.15) is 5.69 Å². The zero-order valence-electron chi connectivity index (χ0n) is 12.5. The van der Waals surface area contributed by atoms with Crippen molar-refractivity contribution < 1.29 is 9.47 Å². The second-order valence-corrected chi connectivity index (χ2v) is 5.19. The summed E-state index contributed by atoms with van der Waals surface area (Å²) in [4.78, 5) is 6.89. The van der Waals surface area contributed by atoms with Crippen LogP contribution in [0.2, 0.25) is 0 Å². The molecule has 0 aliphatic heterocycles. The number of nitrogens with two attached hydrogens (primary N) is 1. The van der Waals surface area contributed by atoms with Crippen molar-refractivity contribution >= 4 is 0 Å². The third kappa shape index (κ3) is 3.41. The first-order chi connectivity index (χ1) is 9.80. The summed E-state index contributed by atoms with van der Waals surface area (Å²) >= 11 is 0. The first-order valence-electron chi connectivity index (χ1n) is 7.30. The summed E-state index contributed by atoms with van der Waals surface area (Å²) < 4.78 is 10.8. The normalized spacial score (nSPS) is 15.8. The lowest BCUT2D eigenvalue weighted by molar-refractivity contribution is 0.190. The Morgan fingerprint density at radius 1 is 1.30 bits per heavy atom. The summed E-state index contributed by atoms with van der Waals surface area (Å²) in [6.45, 7) is 2.33. The number of rotatable bonds is 7. The molecule has 1 fully saturated rings. The standard InChI is InChI=1S/C15H25N3O2/c1-19-14-7-9-17-13(15(14)20-2)11-18(10-8-16)12-5-3-4-6-12/h7,9,12H,3-6,8,10-11,16H2,1-2H3. The number of ether oxygens (including phenoxy) is 2. The number of nitrogens with zero attached hydrogens (tertiary/aromatic N) is 2. The van der Waals surface area contributed by atoms with Crippen LogP contribution in [-0.4, -0.2) is 43.2 Å². The molecule has 2 rings (SSSR count). The van der Waals surface area contributed by atoms with Gasteiger partial charge in [-0.15, -0.1) is 0 Å². The maximum absolute atomic E-state index is 5.76. The zero-order chi connectivity index (χ0) is 14.4. The highest BCUT2D eigenvalue weighted by atomic mass is 16.5. The van der Waals surface area contributed by atoms with Crippen LogP contribution < -0.4 is 15.2 Å². The van der Waals surface area contributed by atoms with Crippen LogP contribution in [0.15, 0.2) is 12.3 Å². The van der Waals surface area contributed by atoms with Gasteiger partial charge in [0.05, 0.1) is 14.2 Å². The largest absolute Gasteiger partial charge is 0.493 e. The molecule has 112 valence electrons. The van der Waals surface area contributed by atoms with Gasteiger partial charge in [0.15, 0.2) is 11.5 Å². The summed E-state index contributed by atoms with van der Waals surface area (Å²) in [5.74, 6) is 1.46. The molecular formula is C15H25N3O2. The summed E-state index contributed by atoms with van der Waals surface area (Å²) in [5.41, 5.74) is 6.68. The van der Waals surface area contributed by atoms with E-state index < -0.39 is 0 Å². The minimum absolute atomic E-state index is 0.622. The van der Waals surface area contributed by atoms with Crippen molar-refractivity contribution in [2.24, 2.45) is 5.73 Å². The van der Waals surface area contributed by atoms with Gasteiger partial charge in [0, 0.05) is 37.9 Å². The molecule has 0 aromatic carbocycles. The molecule has 0 spiro atoms.